The smallest absolute Gasteiger partial charge is 0.117 e. The van der Waals surface area contributed by atoms with Crippen LogP contribution >= 0.6 is 22.9 Å². The molecule has 0 saturated heterocycles. The van der Waals surface area contributed by atoms with Crippen molar-refractivity contribution in [2.45, 2.75) is 0 Å². The minimum Gasteiger partial charge on any atom is -0.237 e. The first-order chi connectivity index (χ1) is 8.81. The fraction of sp³-hybridized carbons (Fsp3) is 0. The Balaban J connectivity index is 1.92. The van der Waals surface area contributed by atoms with Crippen molar-refractivity contribution in [2.75, 3.05) is 0 Å². The number of aromatic nitrogens is 1. The number of nitrogens with zero attached hydrogens (tertiary/aromatic N) is 1. The summed E-state index contributed by atoms with van der Waals surface area (Å²) >= 11 is 7.63. The van der Waals surface area contributed by atoms with Crippen molar-refractivity contribution in [3.8, 4) is 0 Å². The van der Waals surface area contributed by atoms with Crippen LogP contribution in [0.3, 0.4) is 0 Å². The van der Waals surface area contributed by atoms with Crippen LogP contribution < -0.4 is 0 Å². The largest absolute Gasteiger partial charge is 0.237 e. The van der Waals surface area contributed by atoms with Crippen LogP contribution in [-0.2, 0) is 0 Å². The molecule has 0 unspecified atom stereocenters. The van der Waals surface area contributed by atoms with Crippen LogP contribution in [0.2, 0.25) is 5.02 Å². The number of halogens is 1. The molecule has 3 aromatic rings. The maximum Gasteiger partial charge on any atom is 0.117 e. The monoisotopic (exact) mass is 271 g/mol. The Hall–Kier alpha value is -1.64. The standard InChI is InChI=1S/C15H10ClNS/c16-12-5-3-4-11(10-12)8-9-15-17-13-6-1-2-7-14(13)18-15/h1-10H/b9-8+. The highest BCUT2D eigenvalue weighted by Crippen LogP contribution is 2.23. The highest BCUT2D eigenvalue weighted by molar-refractivity contribution is 7.19. The number of fused-ring (bicyclic) bond motifs is 1. The third kappa shape index (κ3) is 2.45. The molecule has 88 valence electrons. The van der Waals surface area contributed by atoms with Crippen LogP contribution in [0.15, 0.2) is 48.5 Å². The SMILES string of the molecule is Clc1cccc(/C=C/c2nc3ccccc3s2)c1. The van der Waals surface area contributed by atoms with Gasteiger partial charge in [-0.1, -0.05) is 41.9 Å². The second kappa shape index (κ2) is 4.92. The Labute approximate surface area is 114 Å². The molecule has 1 heterocycles. The van der Waals surface area contributed by atoms with Gasteiger partial charge in [0.2, 0.25) is 0 Å². The van der Waals surface area contributed by atoms with E-state index in [-0.39, 0.29) is 0 Å². The third-order valence-corrected chi connectivity index (χ3v) is 3.81. The van der Waals surface area contributed by atoms with Gasteiger partial charge in [-0.05, 0) is 35.9 Å². The lowest BCUT2D eigenvalue weighted by atomic mass is 10.2. The Morgan fingerprint density at radius 2 is 1.89 bits per heavy atom. The molecule has 0 aliphatic heterocycles. The molecule has 0 aliphatic rings. The lowest BCUT2D eigenvalue weighted by Gasteiger charge is -1.92. The van der Waals surface area contributed by atoms with Crippen LogP contribution in [0.25, 0.3) is 22.4 Å². The molecule has 1 aromatic heterocycles. The molecular weight excluding hydrogens is 262 g/mol. The Kier molecular flexibility index (Phi) is 3.13. The van der Waals surface area contributed by atoms with Gasteiger partial charge >= 0.3 is 0 Å². The molecule has 0 saturated carbocycles. The quantitative estimate of drug-likeness (QED) is 0.630. The summed E-state index contributed by atoms with van der Waals surface area (Å²) in [6.45, 7) is 0. The second-order valence-corrected chi connectivity index (χ2v) is 5.41. The first-order valence-corrected chi connectivity index (χ1v) is 6.80. The van der Waals surface area contributed by atoms with Crippen molar-refractivity contribution in [3.05, 3.63) is 64.1 Å². The van der Waals surface area contributed by atoms with Gasteiger partial charge in [0.05, 0.1) is 10.2 Å². The highest BCUT2D eigenvalue weighted by Gasteiger charge is 1.99. The first-order valence-electron chi connectivity index (χ1n) is 5.60. The predicted octanol–water partition coefficient (Wildman–Crippen LogP) is 5.12. The molecule has 3 heteroatoms. The zero-order chi connectivity index (χ0) is 12.4. The Bertz CT molecular complexity index is 682. The van der Waals surface area contributed by atoms with E-state index in [1.807, 2.05) is 54.6 Å². The van der Waals surface area contributed by atoms with Crippen molar-refractivity contribution in [3.63, 3.8) is 0 Å². The van der Waals surface area contributed by atoms with Crippen molar-refractivity contribution in [1.82, 2.24) is 4.98 Å². The van der Waals surface area contributed by atoms with E-state index in [1.165, 1.54) is 4.70 Å². The minimum absolute atomic E-state index is 0.751. The summed E-state index contributed by atoms with van der Waals surface area (Å²) in [5, 5.41) is 1.76. The molecule has 0 radical (unpaired) electrons. The van der Waals surface area contributed by atoms with Gasteiger partial charge in [0, 0.05) is 5.02 Å². The zero-order valence-corrected chi connectivity index (χ0v) is 11.1. The maximum atomic E-state index is 5.94. The highest BCUT2D eigenvalue weighted by atomic mass is 35.5. The normalized spacial score (nSPS) is 11.4. The molecule has 0 amide bonds. The fourth-order valence-corrected chi connectivity index (χ4v) is 2.81. The molecular formula is C15H10ClNS. The van der Waals surface area contributed by atoms with Gasteiger partial charge < -0.3 is 0 Å². The van der Waals surface area contributed by atoms with E-state index in [1.54, 1.807) is 11.3 Å². The Morgan fingerprint density at radius 3 is 2.72 bits per heavy atom. The molecule has 3 rings (SSSR count). The van der Waals surface area contributed by atoms with Crippen molar-refractivity contribution in [1.29, 1.82) is 0 Å². The molecule has 0 fully saturated rings. The Morgan fingerprint density at radius 1 is 1.00 bits per heavy atom. The number of thiazole rings is 1. The van der Waals surface area contributed by atoms with E-state index in [0.29, 0.717) is 0 Å². The molecule has 2 aromatic carbocycles. The van der Waals surface area contributed by atoms with Crippen LogP contribution in [-0.4, -0.2) is 4.98 Å². The molecule has 0 spiro atoms. The van der Waals surface area contributed by atoms with E-state index in [0.717, 1.165) is 21.1 Å². The summed E-state index contributed by atoms with van der Waals surface area (Å²) in [4.78, 5) is 4.55. The summed E-state index contributed by atoms with van der Waals surface area (Å²) in [5.41, 5.74) is 2.13. The maximum absolute atomic E-state index is 5.94. The van der Waals surface area contributed by atoms with E-state index in [4.69, 9.17) is 11.6 Å². The van der Waals surface area contributed by atoms with Crippen LogP contribution in [0.1, 0.15) is 10.6 Å². The van der Waals surface area contributed by atoms with Gasteiger partial charge in [-0.25, -0.2) is 4.98 Å². The van der Waals surface area contributed by atoms with Crippen LogP contribution in [0.5, 0.6) is 0 Å². The predicted molar refractivity (Wildman–Crippen MR) is 80.0 cm³/mol. The molecule has 1 nitrogen and oxygen atoms in total. The summed E-state index contributed by atoms with van der Waals surface area (Å²) < 4.78 is 1.21. The third-order valence-electron chi connectivity index (χ3n) is 2.58. The van der Waals surface area contributed by atoms with Crippen molar-refractivity contribution >= 4 is 45.3 Å². The summed E-state index contributed by atoms with van der Waals surface area (Å²) in [7, 11) is 0. The first kappa shape index (κ1) is 11.5. The molecule has 0 N–H and O–H groups in total. The number of hydrogen-bond donors (Lipinski definition) is 0. The minimum atomic E-state index is 0.751. The number of benzene rings is 2. The van der Waals surface area contributed by atoms with Gasteiger partial charge in [-0.15, -0.1) is 11.3 Å². The lowest BCUT2D eigenvalue weighted by Crippen LogP contribution is -1.72. The average Bonchev–Trinajstić information content (AvgIpc) is 2.79. The van der Waals surface area contributed by atoms with Gasteiger partial charge in [0.1, 0.15) is 5.01 Å². The van der Waals surface area contributed by atoms with Crippen LogP contribution in [0, 0.1) is 0 Å². The lowest BCUT2D eigenvalue weighted by molar-refractivity contribution is 1.46. The summed E-state index contributed by atoms with van der Waals surface area (Å²) in [6, 6.07) is 15.9. The van der Waals surface area contributed by atoms with Crippen molar-refractivity contribution < 1.29 is 0 Å². The average molecular weight is 272 g/mol. The van der Waals surface area contributed by atoms with Gasteiger partial charge in [-0.2, -0.15) is 0 Å². The molecule has 0 aliphatic carbocycles. The number of hydrogen-bond acceptors (Lipinski definition) is 2. The van der Waals surface area contributed by atoms with E-state index in [2.05, 4.69) is 11.1 Å². The van der Waals surface area contributed by atoms with E-state index in [9.17, 15) is 0 Å². The number of rotatable bonds is 2. The molecule has 0 bridgehead atoms. The van der Waals surface area contributed by atoms with Crippen LogP contribution in [0.4, 0.5) is 0 Å². The zero-order valence-electron chi connectivity index (χ0n) is 9.51. The van der Waals surface area contributed by atoms with Gasteiger partial charge in [0.15, 0.2) is 0 Å². The topological polar surface area (TPSA) is 12.9 Å². The van der Waals surface area contributed by atoms with E-state index < -0.39 is 0 Å². The summed E-state index contributed by atoms with van der Waals surface area (Å²) in [5.74, 6) is 0. The van der Waals surface area contributed by atoms with E-state index >= 15 is 0 Å². The van der Waals surface area contributed by atoms with Gasteiger partial charge in [-0.3, -0.25) is 0 Å². The van der Waals surface area contributed by atoms with Crippen molar-refractivity contribution in [2.24, 2.45) is 0 Å². The molecule has 18 heavy (non-hydrogen) atoms. The fourth-order valence-electron chi connectivity index (χ4n) is 1.74. The second-order valence-electron chi connectivity index (χ2n) is 3.91. The molecule has 0 atom stereocenters. The number of para-hydroxylation sites is 1. The van der Waals surface area contributed by atoms with Gasteiger partial charge in [0.25, 0.3) is 0 Å². The summed E-state index contributed by atoms with van der Waals surface area (Å²) in [6.07, 6.45) is 4.06.